The van der Waals surface area contributed by atoms with Gasteiger partial charge in [-0.05, 0) is 44.5 Å². The number of fused-ring (bicyclic) bond motifs is 1. The fourth-order valence-corrected chi connectivity index (χ4v) is 2.72. The standard InChI is InChI=1S/C18H24N2O3/c1-5-11-18(3,23-6-2)17(21)20-14-9-10-15(22-4)16-13(14)8-7-12-19-16/h7-10,12H,5-6,11H2,1-4H3,(H,20,21)/t18-/m0/s1. The van der Waals surface area contributed by atoms with E-state index < -0.39 is 5.60 Å². The summed E-state index contributed by atoms with van der Waals surface area (Å²) in [5.41, 5.74) is 0.597. The summed E-state index contributed by atoms with van der Waals surface area (Å²) in [6.07, 6.45) is 3.24. The zero-order valence-electron chi connectivity index (χ0n) is 14.2. The average molecular weight is 316 g/mol. The van der Waals surface area contributed by atoms with Crippen LogP contribution in [0, 0.1) is 0 Å². The van der Waals surface area contributed by atoms with Crippen LogP contribution in [0.2, 0.25) is 0 Å². The number of methoxy groups -OCH3 is 1. The van der Waals surface area contributed by atoms with Gasteiger partial charge in [0.15, 0.2) is 0 Å². The van der Waals surface area contributed by atoms with Crippen LogP contribution >= 0.6 is 0 Å². The zero-order chi connectivity index (χ0) is 16.9. The van der Waals surface area contributed by atoms with Crippen LogP contribution in [0.15, 0.2) is 30.5 Å². The molecule has 23 heavy (non-hydrogen) atoms. The number of amides is 1. The number of ether oxygens (including phenoxy) is 2. The molecule has 0 saturated carbocycles. The highest BCUT2D eigenvalue weighted by Crippen LogP contribution is 2.31. The summed E-state index contributed by atoms with van der Waals surface area (Å²) < 4.78 is 11.0. The van der Waals surface area contributed by atoms with Crippen molar-refractivity contribution in [2.75, 3.05) is 19.0 Å². The highest BCUT2D eigenvalue weighted by molar-refractivity contribution is 6.05. The summed E-state index contributed by atoms with van der Waals surface area (Å²) in [6, 6.07) is 7.39. The van der Waals surface area contributed by atoms with E-state index in [1.54, 1.807) is 13.3 Å². The number of pyridine rings is 1. The van der Waals surface area contributed by atoms with Crippen molar-refractivity contribution in [3.63, 3.8) is 0 Å². The third kappa shape index (κ3) is 3.62. The second kappa shape index (κ2) is 7.42. The predicted molar refractivity (Wildman–Crippen MR) is 91.9 cm³/mol. The van der Waals surface area contributed by atoms with Crippen LogP contribution in [-0.2, 0) is 9.53 Å². The normalized spacial score (nSPS) is 13.6. The van der Waals surface area contributed by atoms with Crippen LogP contribution in [0.3, 0.4) is 0 Å². The van der Waals surface area contributed by atoms with Gasteiger partial charge in [0.1, 0.15) is 16.9 Å². The molecule has 0 spiro atoms. The van der Waals surface area contributed by atoms with Crippen molar-refractivity contribution < 1.29 is 14.3 Å². The molecule has 1 N–H and O–H groups in total. The van der Waals surface area contributed by atoms with Gasteiger partial charge < -0.3 is 14.8 Å². The Bertz CT molecular complexity index is 679. The summed E-state index contributed by atoms with van der Waals surface area (Å²) in [5, 5.41) is 3.83. The first-order chi connectivity index (χ1) is 11.1. The molecule has 0 aliphatic carbocycles. The lowest BCUT2D eigenvalue weighted by Crippen LogP contribution is -2.42. The molecule has 1 aromatic carbocycles. The van der Waals surface area contributed by atoms with Gasteiger partial charge in [0.2, 0.25) is 0 Å². The second-order valence-electron chi connectivity index (χ2n) is 5.58. The van der Waals surface area contributed by atoms with E-state index in [0.29, 0.717) is 24.5 Å². The maximum Gasteiger partial charge on any atom is 0.256 e. The van der Waals surface area contributed by atoms with Crippen LogP contribution in [0.4, 0.5) is 5.69 Å². The lowest BCUT2D eigenvalue weighted by atomic mass is 9.98. The molecule has 0 unspecified atom stereocenters. The van der Waals surface area contributed by atoms with E-state index in [2.05, 4.69) is 10.3 Å². The fourth-order valence-electron chi connectivity index (χ4n) is 2.72. The molecule has 0 bridgehead atoms. The Labute approximate surface area is 137 Å². The Kier molecular flexibility index (Phi) is 5.55. The van der Waals surface area contributed by atoms with Crippen LogP contribution < -0.4 is 10.1 Å². The van der Waals surface area contributed by atoms with E-state index in [1.165, 1.54) is 0 Å². The summed E-state index contributed by atoms with van der Waals surface area (Å²) in [4.78, 5) is 17.1. The molecule has 0 fully saturated rings. The van der Waals surface area contributed by atoms with Gasteiger partial charge in [0, 0.05) is 18.2 Å². The Balaban J connectivity index is 2.36. The van der Waals surface area contributed by atoms with Crippen molar-refractivity contribution in [3.05, 3.63) is 30.5 Å². The molecule has 0 radical (unpaired) electrons. The number of benzene rings is 1. The minimum absolute atomic E-state index is 0.142. The summed E-state index contributed by atoms with van der Waals surface area (Å²) in [7, 11) is 1.61. The van der Waals surface area contributed by atoms with Crippen LogP contribution in [0.1, 0.15) is 33.6 Å². The number of aromatic nitrogens is 1. The zero-order valence-corrected chi connectivity index (χ0v) is 14.2. The first-order valence-corrected chi connectivity index (χ1v) is 7.92. The Hall–Kier alpha value is -2.14. The molecule has 0 aliphatic rings. The van der Waals surface area contributed by atoms with E-state index >= 15 is 0 Å². The molecule has 5 nitrogen and oxygen atoms in total. The lowest BCUT2D eigenvalue weighted by molar-refractivity contribution is -0.139. The van der Waals surface area contributed by atoms with Crippen LogP contribution in [-0.4, -0.2) is 30.2 Å². The highest BCUT2D eigenvalue weighted by Gasteiger charge is 2.33. The smallest absolute Gasteiger partial charge is 0.256 e. The molecule has 2 aromatic rings. The quantitative estimate of drug-likeness (QED) is 0.844. The molecule has 1 heterocycles. The molecule has 1 aromatic heterocycles. The highest BCUT2D eigenvalue weighted by atomic mass is 16.5. The number of carbonyl (C=O) groups is 1. The van der Waals surface area contributed by atoms with Crippen molar-refractivity contribution in [1.82, 2.24) is 4.98 Å². The van der Waals surface area contributed by atoms with Crippen molar-refractivity contribution >= 4 is 22.5 Å². The van der Waals surface area contributed by atoms with E-state index in [9.17, 15) is 4.79 Å². The van der Waals surface area contributed by atoms with Gasteiger partial charge in [0.05, 0.1) is 12.8 Å². The fraction of sp³-hybridized carbons (Fsp3) is 0.444. The van der Waals surface area contributed by atoms with Crippen LogP contribution in [0.25, 0.3) is 10.9 Å². The van der Waals surface area contributed by atoms with Crippen molar-refractivity contribution in [3.8, 4) is 5.75 Å². The number of rotatable bonds is 7. The van der Waals surface area contributed by atoms with E-state index in [-0.39, 0.29) is 5.91 Å². The maximum atomic E-state index is 12.7. The molecule has 1 amide bonds. The lowest BCUT2D eigenvalue weighted by Gasteiger charge is -2.28. The van der Waals surface area contributed by atoms with Crippen LogP contribution in [0.5, 0.6) is 5.75 Å². The summed E-state index contributed by atoms with van der Waals surface area (Å²) >= 11 is 0. The Morgan fingerprint density at radius 3 is 2.74 bits per heavy atom. The average Bonchev–Trinajstić information content (AvgIpc) is 2.55. The maximum absolute atomic E-state index is 12.7. The molecular formula is C18H24N2O3. The first kappa shape index (κ1) is 17.2. The van der Waals surface area contributed by atoms with Gasteiger partial charge in [0.25, 0.3) is 5.91 Å². The topological polar surface area (TPSA) is 60.5 Å². The SMILES string of the molecule is CCC[C@](C)(OCC)C(=O)Nc1ccc(OC)c2ncccc12. The Morgan fingerprint density at radius 1 is 1.30 bits per heavy atom. The minimum Gasteiger partial charge on any atom is -0.494 e. The molecule has 0 aliphatic heterocycles. The minimum atomic E-state index is -0.835. The van der Waals surface area contributed by atoms with Gasteiger partial charge in [-0.25, -0.2) is 0 Å². The second-order valence-corrected chi connectivity index (χ2v) is 5.58. The molecule has 0 saturated heterocycles. The number of hydrogen-bond acceptors (Lipinski definition) is 4. The molecular weight excluding hydrogens is 292 g/mol. The number of hydrogen-bond donors (Lipinski definition) is 1. The van der Waals surface area contributed by atoms with Gasteiger partial charge in [-0.2, -0.15) is 0 Å². The molecule has 124 valence electrons. The van der Waals surface area contributed by atoms with E-state index in [4.69, 9.17) is 9.47 Å². The van der Waals surface area contributed by atoms with Crippen molar-refractivity contribution in [1.29, 1.82) is 0 Å². The van der Waals surface area contributed by atoms with Gasteiger partial charge in [-0.3, -0.25) is 9.78 Å². The summed E-state index contributed by atoms with van der Waals surface area (Å²) in [5.74, 6) is 0.538. The molecule has 1 atom stereocenters. The number of carbonyl (C=O) groups excluding carboxylic acids is 1. The predicted octanol–water partition coefficient (Wildman–Crippen LogP) is 3.78. The van der Waals surface area contributed by atoms with Crippen molar-refractivity contribution in [2.24, 2.45) is 0 Å². The largest absolute Gasteiger partial charge is 0.494 e. The third-order valence-electron chi connectivity index (χ3n) is 3.87. The monoisotopic (exact) mass is 316 g/mol. The van der Waals surface area contributed by atoms with E-state index in [0.717, 1.165) is 17.3 Å². The van der Waals surface area contributed by atoms with Gasteiger partial charge in [-0.15, -0.1) is 0 Å². The number of nitrogens with one attached hydrogen (secondary N) is 1. The van der Waals surface area contributed by atoms with E-state index in [1.807, 2.05) is 45.0 Å². The summed E-state index contributed by atoms with van der Waals surface area (Å²) in [6.45, 7) is 6.26. The van der Waals surface area contributed by atoms with Crippen molar-refractivity contribution in [2.45, 2.75) is 39.2 Å². The Morgan fingerprint density at radius 2 is 2.09 bits per heavy atom. The number of anilines is 1. The number of nitrogens with zero attached hydrogens (tertiary/aromatic N) is 1. The molecule has 5 heteroatoms. The van der Waals surface area contributed by atoms with Gasteiger partial charge in [-0.1, -0.05) is 13.3 Å². The molecule has 2 rings (SSSR count). The first-order valence-electron chi connectivity index (χ1n) is 7.92. The third-order valence-corrected chi connectivity index (χ3v) is 3.87. The van der Waals surface area contributed by atoms with Gasteiger partial charge >= 0.3 is 0 Å².